The minimum atomic E-state index is -0.214. The molecule has 1 aliphatic rings. The lowest BCUT2D eigenvalue weighted by Gasteiger charge is -2.18. The Morgan fingerprint density at radius 3 is 2.93 bits per heavy atom. The molecule has 7 heteroatoms. The molecule has 0 atom stereocenters. The summed E-state index contributed by atoms with van der Waals surface area (Å²) >= 11 is 1.44. The van der Waals surface area contributed by atoms with Crippen LogP contribution in [0.25, 0.3) is 11.0 Å². The Morgan fingerprint density at radius 2 is 2.11 bits per heavy atom. The first-order valence-corrected chi connectivity index (χ1v) is 10.2. The number of hydrogen-bond acceptors (Lipinski definition) is 5. The molecule has 4 rings (SSSR count). The monoisotopic (exact) mass is 395 g/mol. The molecule has 2 aromatic carbocycles. The van der Waals surface area contributed by atoms with E-state index in [0.717, 1.165) is 22.7 Å². The summed E-state index contributed by atoms with van der Waals surface area (Å²) in [7, 11) is 0. The van der Waals surface area contributed by atoms with Crippen molar-refractivity contribution in [3.8, 4) is 5.75 Å². The van der Waals surface area contributed by atoms with Crippen molar-refractivity contribution in [2.24, 2.45) is 5.92 Å². The first-order valence-electron chi connectivity index (χ1n) is 9.19. The number of fused-ring (bicyclic) bond motifs is 2. The van der Waals surface area contributed by atoms with E-state index in [1.54, 1.807) is 18.2 Å². The number of para-hydroxylation sites is 2. The summed E-state index contributed by atoms with van der Waals surface area (Å²) in [5, 5.41) is 3.58. The summed E-state index contributed by atoms with van der Waals surface area (Å²) in [4.78, 5) is 28.9. The minimum absolute atomic E-state index is 0.00220. The number of aromatic nitrogens is 2. The van der Waals surface area contributed by atoms with E-state index in [1.807, 2.05) is 18.2 Å². The standard InChI is InChI=1S/C21H21N3O3S/c1-13(2)10-24-17-6-4-3-5-15(17)23-21(24)28-12-18(25)14-7-8-19-16(9-14)22-20(26)11-27-19/h3-9,13H,10-12H2,1-2H3,(H,22,26). The van der Waals surface area contributed by atoms with Crippen molar-refractivity contribution >= 4 is 40.2 Å². The van der Waals surface area contributed by atoms with E-state index in [1.165, 1.54) is 11.8 Å². The van der Waals surface area contributed by atoms with Crippen molar-refractivity contribution in [3.63, 3.8) is 0 Å². The van der Waals surface area contributed by atoms with Crippen molar-refractivity contribution in [1.29, 1.82) is 0 Å². The van der Waals surface area contributed by atoms with Gasteiger partial charge in [0.1, 0.15) is 5.75 Å². The molecule has 1 aromatic heterocycles. The van der Waals surface area contributed by atoms with Crippen LogP contribution in [0.2, 0.25) is 0 Å². The zero-order chi connectivity index (χ0) is 19.7. The summed E-state index contributed by atoms with van der Waals surface area (Å²) in [6.07, 6.45) is 0. The largest absolute Gasteiger partial charge is 0.482 e. The topological polar surface area (TPSA) is 73.2 Å². The number of Topliss-reactive ketones (excluding diaryl/α,β-unsaturated/α-hetero) is 1. The zero-order valence-electron chi connectivity index (χ0n) is 15.8. The number of rotatable bonds is 6. The Morgan fingerprint density at radius 1 is 1.29 bits per heavy atom. The summed E-state index contributed by atoms with van der Waals surface area (Å²) in [5.74, 6) is 1.10. The number of nitrogens with one attached hydrogen (secondary N) is 1. The second kappa shape index (κ2) is 7.67. The molecule has 2 heterocycles. The molecule has 0 bridgehead atoms. The smallest absolute Gasteiger partial charge is 0.262 e. The molecule has 0 fully saturated rings. The van der Waals surface area contributed by atoms with Crippen molar-refractivity contribution < 1.29 is 14.3 Å². The minimum Gasteiger partial charge on any atom is -0.482 e. The first kappa shape index (κ1) is 18.6. The van der Waals surface area contributed by atoms with Crippen LogP contribution < -0.4 is 10.1 Å². The average molecular weight is 395 g/mol. The van der Waals surface area contributed by atoms with E-state index < -0.39 is 0 Å². The predicted molar refractivity (Wildman–Crippen MR) is 110 cm³/mol. The van der Waals surface area contributed by atoms with Crippen molar-refractivity contribution in [2.45, 2.75) is 25.5 Å². The van der Waals surface area contributed by atoms with Gasteiger partial charge in [0.25, 0.3) is 5.91 Å². The lowest BCUT2D eigenvalue weighted by molar-refractivity contribution is -0.118. The SMILES string of the molecule is CC(C)Cn1c(SCC(=O)c2ccc3c(c2)NC(=O)CO3)nc2ccccc21. The van der Waals surface area contributed by atoms with E-state index in [4.69, 9.17) is 9.72 Å². The van der Waals surface area contributed by atoms with Gasteiger partial charge in [0.2, 0.25) is 0 Å². The van der Waals surface area contributed by atoms with E-state index in [-0.39, 0.29) is 24.1 Å². The van der Waals surface area contributed by atoms with Gasteiger partial charge in [0.05, 0.1) is 22.5 Å². The lowest BCUT2D eigenvalue weighted by atomic mass is 10.1. The Bertz CT molecular complexity index is 1060. The average Bonchev–Trinajstić information content (AvgIpc) is 3.02. The molecule has 28 heavy (non-hydrogen) atoms. The van der Waals surface area contributed by atoms with E-state index in [2.05, 4.69) is 29.8 Å². The number of benzene rings is 2. The van der Waals surface area contributed by atoms with Gasteiger partial charge in [-0.05, 0) is 36.2 Å². The van der Waals surface area contributed by atoms with Gasteiger partial charge in [-0.25, -0.2) is 4.98 Å². The first-order chi connectivity index (χ1) is 13.5. The van der Waals surface area contributed by atoms with E-state index in [0.29, 0.717) is 22.9 Å². The third kappa shape index (κ3) is 3.75. The molecule has 0 aliphatic carbocycles. The van der Waals surface area contributed by atoms with Crippen LogP contribution in [-0.4, -0.2) is 33.6 Å². The van der Waals surface area contributed by atoms with Gasteiger partial charge in [-0.3, -0.25) is 9.59 Å². The summed E-state index contributed by atoms with van der Waals surface area (Å²) < 4.78 is 7.52. The van der Waals surface area contributed by atoms with Crippen LogP contribution in [0.1, 0.15) is 24.2 Å². The molecule has 1 amide bonds. The fourth-order valence-corrected chi connectivity index (χ4v) is 4.09. The van der Waals surface area contributed by atoms with Gasteiger partial charge in [0.15, 0.2) is 17.5 Å². The molecular formula is C21H21N3O3S. The lowest BCUT2D eigenvalue weighted by Crippen LogP contribution is -2.25. The summed E-state index contributed by atoms with van der Waals surface area (Å²) in [6.45, 7) is 5.18. The van der Waals surface area contributed by atoms with Crippen molar-refractivity contribution in [1.82, 2.24) is 9.55 Å². The highest BCUT2D eigenvalue weighted by Gasteiger charge is 2.19. The van der Waals surface area contributed by atoms with Gasteiger partial charge in [-0.15, -0.1) is 0 Å². The number of nitrogens with zero attached hydrogens (tertiary/aromatic N) is 2. The number of thioether (sulfide) groups is 1. The molecule has 144 valence electrons. The number of amides is 1. The van der Waals surface area contributed by atoms with E-state index >= 15 is 0 Å². The third-order valence-electron chi connectivity index (χ3n) is 4.43. The van der Waals surface area contributed by atoms with Gasteiger partial charge < -0.3 is 14.6 Å². The second-order valence-corrected chi connectivity index (χ2v) is 8.09. The number of anilines is 1. The van der Waals surface area contributed by atoms with Crippen LogP contribution in [0.5, 0.6) is 5.75 Å². The molecule has 0 radical (unpaired) electrons. The van der Waals surface area contributed by atoms with Crippen molar-refractivity contribution in [2.75, 3.05) is 17.7 Å². The molecule has 0 saturated carbocycles. The molecule has 1 N–H and O–H groups in total. The number of carbonyl (C=O) groups is 2. The van der Waals surface area contributed by atoms with Crippen LogP contribution in [0.15, 0.2) is 47.6 Å². The molecule has 1 aliphatic heterocycles. The normalized spacial score (nSPS) is 13.3. The summed E-state index contributed by atoms with van der Waals surface area (Å²) in [5.41, 5.74) is 3.11. The highest BCUT2D eigenvalue weighted by Crippen LogP contribution is 2.30. The van der Waals surface area contributed by atoms with Crippen molar-refractivity contribution in [3.05, 3.63) is 48.0 Å². The number of ether oxygens (including phenoxy) is 1. The Labute approximate surface area is 167 Å². The van der Waals surface area contributed by atoms with E-state index in [9.17, 15) is 9.59 Å². The Kier molecular flexibility index (Phi) is 5.09. The maximum atomic E-state index is 12.7. The molecular weight excluding hydrogens is 374 g/mol. The molecule has 0 spiro atoms. The maximum Gasteiger partial charge on any atom is 0.262 e. The molecule has 3 aromatic rings. The van der Waals surface area contributed by atoms with Gasteiger partial charge >= 0.3 is 0 Å². The van der Waals surface area contributed by atoms with Crippen LogP contribution in [0.4, 0.5) is 5.69 Å². The molecule has 0 saturated heterocycles. The number of imidazole rings is 1. The highest BCUT2D eigenvalue weighted by atomic mass is 32.2. The van der Waals surface area contributed by atoms with Gasteiger partial charge in [0, 0.05) is 12.1 Å². The molecule has 6 nitrogen and oxygen atoms in total. The van der Waals surface area contributed by atoms with Crippen LogP contribution in [0.3, 0.4) is 0 Å². The fourth-order valence-electron chi connectivity index (χ4n) is 3.18. The van der Waals surface area contributed by atoms with Crippen LogP contribution in [0, 0.1) is 5.92 Å². The van der Waals surface area contributed by atoms with Crippen LogP contribution >= 0.6 is 11.8 Å². The van der Waals surface area contributed by atoms with Gasteiger partial charge in [-0.2, -0.15) is 0 Å². The second-order valence-electron chi connectivity index (χ2n) is 7.15. The van der Waals surface area contributed by atoms with Gasteiger partial charge in [-0.1, -0.05) is 37.7 Å². The summed E-state index contributed by atoms with van der Waals surface area (Å²) in [6, 6.07) is 13.2. The number of carbonyl (C=O) groups excluding carboxylic acids is 2. The number of hydrogen-bond donors (Lipinski definition) is 1. The maximum absolute atomic E-state index is 12.7. The molecule has 0 unspecified atom stereocenters. The quantitative estimate of drug-likeness (QED) is 0.504. The fraction of sp³-hybridized carbons (Fsp3) is 0.286. The number of ketones is 1. The third-order valence-corrected chi connectivity index (χ3v) is 5.41. The van der Waals surface area contributed by atoms with Crippen LogP contribution in [-0.2, 0) is 11.3 Å². The predicted octanol–water partition coefficient (Wildman–Crippen LogP) is 4.00. The Hall–Kier alpha value is -2.80. The zero-order valence-corrected chi connectivity index (χ0v) is 16.6. The highest BCUT2D eigenvalue weighted by molar-refractivity contribution is 7.99. The Balaban J connectivity index is 1.54.